The zero-order valence-corrected chi connectivity index (χ0v) is 11.8. The van der Waals surface area contributed by atoms with Crippen LogP contribution in [0.15, 0.2) is 24.3 Å². The van der Waals surface area contributed by atoms with Crippen molar-refractivity contribution in [1.29, 1.82) is 0 Å². The lowest BCUT2D eigenvalue weighted by Crippen LogP contribution is -2.43. The van der Waals surface area contributed by atoms with Crippen molar-refractivity contribution in [3.63, 3.8) is 0 Å². The summed E-state index contributed by atoms with van der Waals surface area (Å²) in [5.74, 6) is -3.25. The quantitative estimate of drug-likeness (QED) is 0.678. The molecule has 20 heavy (non-hydrogen) atoms. The van der Waals surface area contributed by atoms with Gasteiger partial charge in [-0.15, -0.1) is 0 Å². The second-order valence-corrected chi connectivity index (χ2v) is 5.90. The van der Waals surface area contributed by atoms with Crippen LogP contribution in [0, 0.1) is 5.41 Å². The third-order valence-electron chi connectivity index (χ3n) is 3.34. The van der Waals surface area contributed by atoms with Gasteiger partial charge in [-0.1, -0.05) is 38.1 Å². The molecule has 2 rings (SSSR count). The van der Waals surface area contributed by atoms with E-state index in [9.17, 15) is 9.59 Å². The molecular formula is C15H18O5. The molecule has 1 saturated heterocycles. The zero-order chi connectivity index (χ0) is 15.0. The summed E-state index contributed by atoms with van der Waals surface area (Å²) in [4.78, 5) is 22.0. The van der Waals surface area contributed by atoms with Crippen molar-refractivity contribution >= 4 is 11.8 Å². The van der Waals surface area contributed by atoms with Crippen molar-refractivity contribution in [3.8, 4) is 0 Å². The average molecular weight is 278 g/mol. The first-order chi connectivity index (χ1) is 9.23. The normalized spacial score (nSPS) is 20.4. The maximum absolute atomic E-state index is 11.3. The van der Waals surface area contributed by atoms with E-state index in [2.05, 4.69) is 13.8 Å². The topological polar surface area (TPSA) is 72.8 Å². The third-order valence-corrected chi connectivity index (χ3v) is 3.34. The molecule has 0 aromatic heterocycles. The van der Waals surface area contributed by atoms with Gasteiger partial charge in [0.25, 0.3) is 5.78 Å². The maximum atomic E-state index is 11.3. The number of carbonyl (C=O) groups excluding carboxylic acids is 1. The van der Waals surface area contributed by atoms with Gasteiger partial charge in [-0.05, 0) is 6.92 Å². The van der Waals surface area contributed by atoms with Crippen molar-refractivity contribution in [2.75, 3.05) is 13.2 Å². The van der Waals surface area contributed by atoms with Gasteiger partial charge in [-0.3, -0.25) is 4.79 Å². The highest BCUT2D eigenvalue weighted by Gasteiger charge is 2.38. The number of carboxylic acid groups (broad SMARTS) is 1. The molecule has 0 radical (unpaired) electrons. The molecule has 108 valence electrons. The molecule has 5 heteroatoms. The van der Waals surface area contributed by atoms with Gasteiger partial charge in [0.2, 0.25) is 0 Å². The number of rotatable bonds is 3. The summed E-state index contributed by atoms with van der Waals surface area (Å²) in [6, 6.07) is 6.27. The molecule has 1 aromatic carbocycles. The minimum Gasteiger partial charge on any atom is -0.475 e. The first-order valence-corrected chi connectivity index (χ1v) is 6.40. The van der Waals surface area contributed by atoms with Crippen molar-refractivity contribution in [1.82, 2.24) is 0 Å². The number of hydrogen-bond acceptors (Lipinski definition) is 4. The summed E-state index contributed by atoms with van der Waals surface area (Å²) in [5.41, 5.74) is 0.870. The summed E-state index contributed by atoms with van der Waals surface area (Å²) < 4.78 is 11.6. The smallest absolute Gasteiger partial charge is 0.377 e. The van der Waals surface area contributed by atoms with Crippen LogP contribution in [-0.2, 0) is 20.1 Å². The lowest BCUT2D eigenvalue weighted by molar-refractivity contribution is -0.298. The lowest BCUT2D eigenvalue weighted by atomic mass is 9.93. The van der Waals surface area contributed by atoms with Gasteiger partial charge in [0.15, 0.2) is 5.79 Å². The molecule has 1 heterocycles. The molecule has 0 spiro atoms. The summed E-state index contributed by atoms with van der Waals surface area (Å²) in [6.45, 7) is 7.07. The van der Waals surface area contributed by atoms with E-state index < -0.39 is 17.5 Å². The summed E-state index contributed by atoms with van der Waals surface area (Å²) in [5, 5.41) is 8.66. The number of Topliss-reactive ketones (excluding diaryl/α,β-unsaturated/α-hetero) is 1. The predicted molar refractivity (Wildman–Crippen MR) is 71.4 cm³/mol. The van der Waals surface area contributed by atoms with Crippen LogP contribution in [0.1, 0.15) is 36.7 Å². The molecule has 1 aliphatic heterocycles. The molecule has 1 fully saturated rings. The summed E-state index contributed by atoms with van der Waals surface area (Å²) in [6.07, 6.45) is 0. The second-order valence-electron chi connectivity index (χ2n) is 5.90. The van der Waals surface area contributed by atoms with E-state index in [4.69, 9.17) is 14.6 Å². The van der Waals surface area contributed by atoms with Crippen LogP contribution in [0.2, 0.25) is 0 Å². The molecule has 5 nitrogen and oxygen atoms in total. The standard InChI is InChI=1S/C15H18O5/c1-14(2)8-19-15(3,20-9-14)11-6-4-10(5-7-11)12(16)13(17)18/h4-7H,8-9H2,1-3H3,(H,17,18). The van der Waals surface area contributed by atoms with E-state index in [0.717, 1.165) is 5.56 Å². The Morgan fingerprint density at radius 1 is 1.05 bits per heavy atom. The molecule has 0 bridgehead atoms. The highest BCUT2D eigenvalue weighted by atomic mass is 16.7. The summed E-state index contributed by atoms with van der Waals surface area (Å²) in [7, 11) is 0. The summed E-state index contributed by atoms with van der Waals surface area (Å²) >= 11 is 0. The predicted octanol–water partition coefficient (Wildman–Crippen LogP) is 2.20. The Labute approximate surface area is 117 Å². The Morgan fingerprint density at radius 3 is 2.00 bits per heavy atom. The van der Waals surface area contributed by atoms with E-state index in [0.29, 0.717) is 13.2 Å². The van der Waals surface area contributed by atoms with Crippen LogP contribution in [0.25, 0.3) is 0 Å². The number of carbonyl (C=O) groups is 2. The zero-order valence-electron chi connectivity index (χ0n) is 11.8. The third kappa shape index (κ3) is 2.89. The molecule has 0 atom stereocenters. The molecular weight excluding hydrogens is 260 g/mol. The maximum Gasteiger partial charge on any atom is 0.377 e. The number of aliphatic carboxylic acids is 1. The van der Waals surface area contributed by atoms with Crippen LogP contribution >= 0.6 is 0 Å². The van der Waals surface area contributed by atoms with Crippen LogP contribution in [-0.4, -0.2) is 30.1 Å². The molecule has 0 saturated carbocycles. The molecule has 1 aromatic rings. The average Bonchev–Trinajstić information content (AvgIpc) is 2.42. The van der Waals surface area contributed by atoms with Crippen LogP contribution in [0.3, 0.4) is 0 Å². The second kappa shape index (κ2) is 5.00. The first-order valence-electron chi connectivity index (χ1n) is 6.40. The molecule has 1 N–H and O–H groups in total. The van der Waals surface area contributed by atoms with Crippen molar-refractivity contribution in [2.45, 2.75) is 26.6 Å². The SMILES string of the molecule is CC1(C)COC(C)(c2ccc(C(=O)C(=O)O)cc2)OC1. The van der Waals surface area contributed by atoms with Crippen molar-refractivity contribution in [3.05, 3.63) is 35.4 Å². The van der Waals surface area contributed by atoms with Crippen LogP contribution < -0.4 is 0 Å². The van der Waals surface area contributed by atoms with Gasteiger partial charge < -0.3 is 14.6 Å². The van der Waals surface area contributed by atoms with E-state index in [1.165, 1.54) is 12.1 Å². The molecule has 0 unspecified atom stereocenters. The van der Waals surface area contributed by atoms with E-state index in [1.54, 1.807) is 12.1 Å². The Bertz CT molecular complexity index is 520. The van der Waals surface area contributed by atoms with Gasteiger partial charge in [-0.25, -0.2) is 4.79 Å². The Hall–Kier alpha value is -1.72. The van der Waals surface area contributed by atoms with Gasteiger partial charge in [0.1, 0.15) is 0 Å². The first kappa shape index (κ1) is 14.7. The Morgan fingerprint density at radius 2 is 1.55 bits per heavy atom. The van der Waals surface area contributed by atoms with E-state index in [1.807, 2.05) is 6.92 Å². The Balaban J connectivity index is 2.18. The van der Waals surface area contributed by atoms with Gasteiger partial charge in [0, 0.05) is 16.5 Å². The number of benzene rings is 1. The fraction of sp³-hybridized carbons (Fsp3) is 0.467. The van der Waals surface area contributed by atoms with E-state index in [-0.39, 0.29) is 11.0 Å². The van der Waals surface area contributed by atoms with Gasteiger partial charge in [-0.2, -0.15) is 0 Å². The fourth-order valence-electron chi connectivity index (χ4n) is 1.96. The van der Waals surface area contributed by atoms with Crippen LogP contribution in [0.5, 0.6) is 0 Å². The molecule has 0 amide bonds. The largest absolute Gasteiger partial charge is 0.475 e. The fourth-order valence-corrected chi connectivity index (χ4v) is 1.96. The highest BCUT2D eigenvalue weighted by molar-refractivity contribution is 6.39. The highest BCUT2D eigenvalue weighted by Crippen LogP contribution is 2.36. The number of hydrogen-bond donors (Lipinski definition) is 1. The Kier molecular flexibility index (Phi) is 3.67. The van der Waals surface area contributed by atoms with Gasteiger partial charge >= 0.3 is 5.97 Å². The number of ketones is 1. The minimum absolute atomic E-state index is 0.0290. The lowest BCUT2D eigenvalue weighted by Gasteiger charge is -2.41. The van der Waals surface area contributed by atoms with Gasteiger partial charge in [0.05, 0.1) is 13.2 Å². The number of ether oxygens (including phenoxy) is 2. The number of carboxylic acids is 1. The van der Waals surface area contributed by atoms with E-state index >= 15 is 0 Å². The van der Waals surface area contributed by atoms with Crippen LogP contribution in [0.4, 0.5) is 0 Å². The van der Waals surface area contributed by atoms with Crippen molar-refractivity contribution in [2.24, 2.45) is 5.41 Å². The molecule has 0 aliphatic carbocycles. The van der Waals surface area contributed by atoms with Crippen molar-refractivity contribution < 1.29 is 24.2 Å². The molecule has 1 aliphatic rings. The monoisotopic (exact) mass is 278 g/mol. The minimum atomic E-state index is -1.46.